The van der Waals surface area contributed by atoms with Crippen LogP contribution in [0, 0.1) is 13.8 Å². The van der Waals surface area contributed by atoms with Crippen molar-refractivity contribution in [3.63, 3.8) is 0 Å². The highest BCUT2D eigenvalue weighted by molar-refractivity contribution is 5.41. The first-order chi connectivity index (χ1) is 8.54. The van der Waals surface area contributed by atoms with Crippen molar-refractivity contribution < 1.29 is 0 Å². The third kappa shape index (κ3) is 2.97. The minimum absolute atomic E-state index is 0.754. The number of benzene rings is 1. The van der Waals surface area contributed by atoms with Crippen LogP contribution in [-0.2, 0) is 6.54 Å². The summed E-state index contributed by atoms with van der Waals surface area (Å²) in [5, 5.41) is 0. The van der Waals surface area contributed by atoms with E-state index >= 15 is 0 Å². The van der Waals surface area contributed by atoms with Gasteiger partial charge in [0.2, 0.25) is 5.95 Å². The summed E-state index contributed by atoms with van der Waals surface area (Å²) in [6, 6.07) is 9.83. The van der Waals surface area contributed by atoms with E-state index in [0.717, 1.165) is 29.6 Å². The van der Waals surface area contributed by atoms with E-state index in [-0.39, 0.29) is 0 Å². The number of anilines is 2. The second kappa shape index (κ2) is 5.04. The topological polar surface area (TPSA) is 55.0 Å². The summed E-state index contributed by atoms with van der Waals surface area (Å²) in [5.41, 5.74) is 9.62. The van der Waals surface area contributed by atoms with Crippen molar-refractivity contribution in [3.8, 4) is 0 Å². The molecule has 0 saturated carbocycles. The largest absolute Gasteiger partial charge is 0.399 e. The summed E-state index contributed by atoms with van der Waals surface area (Å²) in [7, 11) is 1.99. The van der Waals surface area contributed by atoms with Gasteiger partial charge < -0.3 is 10.6 Å². The molecule has 0 radical (unpaired) electrons. The lowest BCUT2D eigenvalue weighted by atomic mass is 10.2. The minimum atomic E-state index is 0.754. The molecule has 2 rings (SSSR count). The van der Waals surface area contributed by atoms with Crippen LogP contribution in [0.15, 0.2) is 30.3 Å². The predicted octanol–water partition coefficient (Wildman–Crippen LogP) is 2.31. The number of nitrogen functional groups attached to an aromatic ring is 1. The summed E-state index contributed by atoms with van der Waals surface area (Å²) < 4.78 is 0. The maximum atomic E-state index is 5.67. The first kappa shape index (κ1) is 12.4. The standard InChI is InChI=1S/C14H18N4/c1-10-8-11(2)17-14(16-10)18(3)9-12-4-6-13(15)7-5-12/h4-8H,9,15H2,1-3H3. The molecule has 0 unspecified atom stereocenters. The quantitative estimate of drug-likeness (QED) is 0.839. The number of nitrogens with zero attached hydrogens (tertiary/aromatic N) is 3. The van der Waals surface area contributed by atoms with Crippen molar-refractivity contribution in [2.45, 2.75) is 20.4 Å². The zero-order valence-corrected chi connectivity index (χ0v) is 11.0. The van der Waals surface area contributed by atoms with Crippen LogP contribution in [0.4, 0.5) is 11.6 Å². The maximum Gasteiger partial charge on any atom is 0.225 e. The van der Waals surface area contributed by atoms with Crippen molar-refractivity contribution in [2.24, 2.45) is 0 Å². The molecule has 0 amide bonds. The molecule has 2 N–H and O–H groups in total. The molecule has 0 saturated heterocycles. The molecule has 2 aromatic rings. The van der Waals surface area contributed by atoms with Crippen LogP contribution in [0.25, 0.3) is 0 Å². The molecule has 0 bridgehead atoms. The second-order valence-corrected chi connectivity index (χ2v) is 4.55. The summed E-state index contributed by atoms with van der Waals surface area (Å²) in [5.74, 6) is 0.754. The van der Waals surface area contributed by atoms with Gasteiger partial charge in [-0.2, -0.15) is 0 Å². The Bertz CT molecular complexity index is 514. The van der Waals surface area contributed by atoms with Crippen molar-refractivity contribution in [1.29, 1.82) is 0 Å². The first-order valence-corrected chi connectivity index (χ1v) is 5.92. The molecule has 0 aliphatic heterocycles. The second-order valence-electron chi connectivity index (χ2n) is 4.55. The Morgan fingerprint density at radius 1 is 1.06 bits per heavy atom. The summed E-state index contributed by atoms with van der Waals surface area (Å²) in [6.45, 7) is 4.73. The van der Waals surface area contributed by atoms with Gasteiger partial charge >= 0.3 is 0 Å². The van der Waals surface area contributed by atoms with Crippen LogP contribution < -0.4 is 10.6 Å². The summed E-state index contributed by atoms with van der Waals surface area (Å²) >= 11 is 0. The Labute approximate surface area is 107 Å². The average Bonchev–Trinajstić information content (AvgIpc) is 2.31. The Morgan fingerprint density at radius 2 is 1.61 bits per heavy atom. The van der Waals surface area contributed by atoms with Gasteiger partial charge in [0, 0.05) is 30.7 Å². The molecule has 0 fully saturated rings. The number of aromatic nitrogens is 2. The molecular formula is C14H18N4. The molecule has 94 valence electrons. The minimum Gasteiger partial charge on any atom is -0.399 e. The molecule has 1 aromatic carbocycles. The molecule has 4 heteroatoms. The van der Waals surface area contributed by atoms with E-state index < -0.39 is 0 Å². The maximum absolute atomic E-state index is 5.67. The Kier molecular flexibility index (Phi) is 3.46. The van der Waals surface area contributed by atoms with Crippen molar-refractivity contribution in [3.05, 3.63) is 47.3 Å². The van der Waals surface area contributed by atoms with Gasteiger partial charge in [-0.15, -0.1) is 0 Å². The molecule has 0 aliphatic rings. The van der Waals surface area contributed by atoms with Crippen molar-refractivity contribution in [1.82, 2.24) is 9.97 Å². The highest BCUT2D eigenvalue weighted by Crippen LogP contribution is 2.13. The van der Waals surface area contributed by atoms with Crippen LogP contribution in [-0.4, -0.2) is 17.0 Å². The smallest absolute Gasteiger partial charge is 0.225 e. The Hall–Kier alpha value is -2.10. The number of hydrogen-bond donors (Lipinski definition) is 1. The van der Waals surface area contributed by atoms with Gasteiger partial charge in [0.1, 0.15) is 0 Å². The Balaban J connectivity index is 2.16. The summed E-state index contributed by atoms with van der Waals surface area (Å²) in [4.78, 5) is 10.9. The highest BCUT2D eigenvalue weighted by Gasteiger charge is 2.06. The molecule has 4 nitrogen and oxygen atoms in total. The lowest BCUT2D eigenvalue weighted by Crippen LogP contribution is -2.19. The fourth-order valence-corrected chi connectivity index (χ4v) is 1.85. The van der Waals surface area contributed by atoms with Gasteiger partial charge in [-0.25, -0.2) is 9.97 Å². The van der Waals surface area contributed by atoms with Gasteiger partial charge in [-0.05, 0) is 37.6 Å². The fraction of sp³-hybridized carbons (Fsp3) is 0.286. The van der Waals surface area contributed by atoms with Crippen LogP contribution in [0.2, 0.25) is 0 Å². The van der Waals surface area contributed by atoms with E-state index in [2.05, 4.69) is 9.97 Å². The van der Waals surface area contributed by atoms with Crippen LogP contribution in [0.3, 0.4) is 0 Å². The first-order valence-electron chi connectivity index (χ1n) is 5.92. The van der Waals surface area contributed by atoms with E-state index in [1.807, 2.05) is 56.1 Å². The van der Waals surface area contributed by atoms with Gasteiger partial charge in [-0.3, -0.25) is 0 Å². The molecule has 18 heavy (non-hydrogen) atoms. The molecule has 0 atom stereocenters. The number of nitrogens with two attached hydrogens (primary N) is 1. The van der Waals surface area contributed by atoms with Crippen LogP contribution in [0.1, 0.15) is 17.0 Å². The molecule has 1 aromatic heterocycles. The number of aryl methyl sites for hydroxylation is 2. The number of hydrogen-bond acceptors (Lipinski definition) is 4. The fourth-order valence-electron chi connectivity index (χ4n) is 1.85. The monoisotopic (exact) mass is 242 g/mol. The number of rotatable bonds is 3. The Morgan fingerprint density at radius 3 is 2.17 bits per heavy atom. The van der Waals surface area contributed by atoms with E-state index in [0.29, 0.717) is 0 Å². The van der Waals surface area contributed by atoms with Crippen LogP contribution in [0.5, 0.6) is 0 Å². The molecule has 1 heterocycles. The molecule has 0 aliphatic carbocycles. The third-order valence-corrected chi connectivity index (χ3v) is 2.71. The zero-order valence-electron chi connectivity index (χ0n) is 11.0. The van der Waals surface area contributed by atoms with Gasteiger partial charge in [0.05, 0.1) is 0 Å². The SMILES string of the molecule is Cc1cc(C)nc(N(C)Cc2ccc(N)cc2)n1. The average molecular weight is 242 g/mol. The van der Waals surface area contributed by atoms with E-state index in [9.17, 15) is 0 Å². The van der Waals surface area contributed by atoms with E-state index in [1.165, 1.54) is 5.56 Å². The molecule has 0 spiro atoms. The lowest BCUT2D eigenvalue weighted by molar-refractivity contribution is 0.852. The van der Waals surface area contributed by atoms with Gasteiger partial charge in [0.15, 0.2) is 0 Å². The normalized spacial score (nSPS) is 10.4. The predicted molar refractivity (Wildman–Crippen MR) is 74.5 cm³/mol. The highest BCUT2D eigenvalue weighted by atomic mass is 15.2. The van der Waals surface area contributed by atoms with Crippen molar-refractivity contribution in [2.75, 3.05) is 17.7 Å². The third-order valence-electron chi connectivity index (χ3n) is 2.71. The van der Waals surface area contributed by atoms with Crippen molar-refractivity contribution >= 4 is 11.6 Å². The van der Waals surface area contributed by atoms with Gasteiger partial charge in [0.25, 0.3) is 0 Å². The van der Waals surface area contributed by atoms with E-state index in [1.54, 1.807) is 0 Å². The lowest BCUT2D eigenvalue weighted by Gasteiger charge is -2.18. The zero-order chi connectivity index (χ0) is 13.1. The van der Waals surface area contributed by atoms with Gasteiger partial charge in [-0.1, -0.05) is 12.1 Å². The molecular weight excluding hydrogens is 224 g/mol. The summed E-state index contributed by atoms with van der Waals surface area (Å²) in [6.07, 6.45) is 0. The van der Waals surface area contributed by atoms with Crippen LogP contribution >= 0.6 is 0 Å². The van der Waals surface area contributed by atoms with E-state index in [4.69, 9.17) is 5.73 Å².